The molecule has 1 saturated carbocycles. The Morgan fingerprint density at radius 1 is 1.29 bits per heavy atom. The molecule has 0 bridgehead atoms. The van der Waals surface area contributed by atoms with Gasteiger partial charge in [-0.2, -0.15) is 0 Å². The standard InChI is InChI=1S/C15H22N2O3S/c1-4-17(5-2)14-10(15(19)20-6-3)11(16)13(21-14)12(18)9-7-8-9/h9H,4-8,16H2,1-3H3. The lowest BCUT2D eigenvalue weighted by molar-refractivity contribution is 0.0529. The van der Waals surface area contributed by atoms with Crippen LogP contribution < -0.4 is 10.6 Å². The molecule has 0 saturated heterocycles. The molecule has 0 aliphatic heterocycles. The molecule has 5 nitrogen and oxygen atoms in total. The lowest BCUT2D eigenvalue weighted by atomic mass is 10.1. The van der Waals surface area contributed by atoms with E-state index in [0.717, 1.165) is 30.9 Å². The van der Waals surface area contributed by atoms with Crippen molar-refractivity contribution < 1.29 is 14.3 Å². The molecule has 6 heteroatoms. The maximum absolute atomic E-state index is 12.3. The fourth-order valence-electron chi connectivity index (χ4n) is 2.28. The molecule has 0 radical (unpaired) electrons. The van der Waals surface area contributed by atoms with E-state index in [1.54, 1.807) is 6.92 Å². The van der Waals surface area contributed by atoms with Gasteiger partial charge in [-0.3, -0.25) is 4.79 Å². The van der Waals surface area contributed by atoms with Gasteiger partial charge in [0, 0.05) is 19.0 Å². The summed E-state index contributed by atoms with van der Waals surface area (Å²) in [5.41, 5.74) is 6.76. The van der Waals surface area contributed by atoms with Gasteiger partial charge >= 0.3 is 5.97 Å². The zero-order chi connectivity index (χ0) is 15.6. The van der Waals surface area contributed by atoms with E-state index in [-0.39, 0.29) is 24.0 Å². The van der Waals surface area contributed by atoms with Gasteiger partial charge in [0.2, 0.25) is 0 Å². The summed E-state index contributed by atoms with van der Waals surface area (Å²) in [5.74, 6) is -0.282. The number of hydrogen-bond acceptors (Lipinski definition) is 6. The highest BCUT2D eigenvalue weighted by Gasteiger charge is 2.36. The zero-order valence-electron chi connectivity index (χ0n) is 12.8. The van der Waals surface area contributed by atoms with Crippen molar-refractivity contribution in [2.75, 3.05) is 30.3 Å². The van der Waals surface area contributed by atoms with Crippen molar-refractivity contribution in [3.8, 4) is 0 Å². The number of Topliss-reactive ketones (excluding diaryl/α,β-unsaturated/α-hetero) is 1. The number of carbonyl (C=O) groups excluding carboxylic acids is 2. The number of ether oxygens (including phenoxy) is 1. The van der Waals surface area contributed by atoms with Crippen LogP contribution in [0.25, 0.3) is 0 Å². The number of rotatable bonds is 7. The van der Waals surface area contributed by atoms with Crippen LogP contribution in [0.3, 0.4) is 0 Å². The molecular weight excluding hydrogens is 288 g/mol. The lowest BCUT2D eigenvalue weighted by Crippen LogP contribution is -2.23. The minimum Gasteiger partial charge on any atom is -0.462 e. The Kier molecular flexibility index (Phi) is 4.88. The summed E-state index contributed by atoms with van der Waals surface area (Å²) in [4.78, 5) is 27.1. The Balaban J connectivity index is 2.47. The summed E-state index contributed by atoms with van der Waals surface area (Å²) in [6.45, 7) is 7.57. The molecule has 21 heavy (non-hydrogen) atoms. The van der Waals surface area contributed by atoms with E-state index in [9.17, 15) is 9.59 Å². The van der Waals surface area contributed by atoms with Gasteiger partial charge in [-0.05, 0) is 33.6 Å². The minimum absolute atomic E-state index is 0.0708. The van der Waals surface area contributed by atoms with E-state index in [1.807, 2.05) is 18.7 Å². The molecule has 0 spiro atoms. The first kappa shape index (κ1) is 15.8. The van der Waals surface area contributed by atoms with Gasteiger partial charge in [0.15, 0.2) is 5.78 Å². The SMILES string of the molecule is CCOC(=O)c1c(N(CC)CC)sc(C(=O)C2CC2)c1N. The fraction of sp³-hybridized carbons (Fsp3) is 0.600. The number of carbonyl (C=O) groups is 2. The minimum atomic E-state index is -0.442. The number of thiophene rings is 1. The highest BCUT2D eigenvalue weighted by atomic mass is 32.1. The van der Waals surface area contributed by atoms with Crippen LogP contribution in [0.1, 0.15) is 53.6 Å². The van der Waals surface area contributed by atoms with E-state index in [1.165, 1.54) is 11.3 Å². The van der Waals surface area contributed by atoms with Crippen LogP contribution in [0, 0.1) is 5.92 Å². The summed E-state index contributed by atoms with van der Waals surface area (Å²) in [6, 6.07) is 0. The van der Waals surface area contributed by atoms with Crippen molar-refractivity contribution in [3.63, 3.8) is 0 Å². The van der Waals surface area contributed by atoms with Crippen LogP contribution in [0.2, 0.25) is 0 Å². The molecule has 1 aromatic heterocycles. The second-order valence-electron chi connectivity index (χ2n) is 5.06. The number of esters is 1. The second-order valence-corrected chi connectivity index (χ2v) is 6.06. The summed E-state index contributed by atoms with van der Waals surface area (Å²) in [6.07, 6.45) is 1.84. The van der Waals surface area contributed by atoms with Gasteiger partial charge in [-0.1, -0.05) is 0 Å². The first-order valence-electron chi connectivity index (χ1n) is 7.43. The summed E-state index contributed by atoms with van der Waals surface area (Å²) in [5, 5.41) is 0.750. The third-order valence-corrected chi connectivity index (χ3v) is 4.91. The summed E-state index contributed by atoms with van der Waals surface area (Å²) >= 11 is 1.32. The Hall–Kier alpha value is -1.56. The van der Waals surface area contributed by atoms with Crippen LogP contribution in [0.4, 0.5) is 10.7 Å². The molecule has 0 aromatic carbocycles. The average molecular weight is 310 g/mol. The Morgan fingerprint density at radius 3 is 2.38 bits per heavy atom. The molecular formula is C15H22N2O3S. The molecule has 2 rings (SSSR count). The van der Waals surface area contributed by atoms with Crippen LogP contribution >= 0.6 is 11.3 Å². The van der Waals surface area contributed by atoms with E-state index >= 15 is 0 Å². The first-order valence-corrected chi connectivity index (χ1v) is 8.25. The van der Waals surface area contributed by atoms with Gasteiger partial charge in [0.1, 0.15) is 10.6 Å². The van der Waals surface area contributed by atoms with Gasteiger partial charge < -0.3 is 15.4 Å². The number of hydrogen-bond donors (Lipinski definition) is 1. The maximum Gasteiger partial charge on any atom is 0.343 e. The Bertz CT molecular complexity index is 545. The summed E-state index contributed by atoms with van der Waals surface area (Å²) < 4.78 is 5.11. The largest absolute Gasteiger partial charge is 0.462 e. The van der Waals surface area contributed by atoms with Gasteiger partial charge in [-0.25, -0.2) is 4.79 Å². The van der Waals surface area contributed by atoms with E-state index in [0.29, 0.717) is 10.4 Å². The number of nitrogen functional groups attached to an aromatic ring is 1. The zero-order valence-corrected chi connectivity index (χ0v) is 13.6. The monoisotopic (exact) mass is 310 g/mol. The molecule has 0 atom stereocenters. The predicted octanol–water partition coefficient (Wildman–Crippen LogP) is 2.95. The average Bonchev–Trinajstić information content (AvgIpc) is 3.24. The van der Waals surface area contributed by atoms with Gasteiger partial charge in [0.25, 0.3) is 0 Å². The number of nitrogens with zero attached hydrogens (tertiary/aromatic N) is 1. The third-order valence-electron chi connectivity index (χ3n) is 3.63. The molecule has 1 aromatic rings. The van der Waals surface area contributed by atoms with Gasteiger partial charge in [0.05, 0.1) is 17.2 Å². The maximum atomic E-state index is 12.3. The number of anilines is 2. The third kappa shape index (κ3) is 3.05. The van der Waals surface area contributed by atoms with E-state index in [2.05, 4.69) is 0 Å². The fourth-order valence-corrected chi connectivity index (χ4v) is 3.63. The normalized spacial score (nSPS) is 14.0. The number of ketones is 1. The van der Waals surface area contributed by atoms with E-state index < -0.39 is 5.97 Å². The van der Waals surface area contributed by atoms with Crippen molar-refractivity contribution in [2.45, 2.75) is 33.6 Å². The molecule has 1 fully saturated rings. The molecule has 0 amide bonds. The smallest absolute Gasteiger partial charge is 0.343 e. The molecule has 1 heterocycles. The van der Waals surface area contributed by atoms with Crippen LogP contribution in [0.5, 0.6) is 0 Å². The molecule has 116 valence electrons. The molecule has 1 aliphatic carbocycles. The van der Waals surface area contributed by atoms with Crippen LogP contribution in [-0.2, 0) is 4.74 Å². The van der Waals surface area contributed by atoms with Crippen molar-refractivity contribution in [1.29, 1.82) is 0 Å². The summed E-state index contributed by atoms with van der Waals surface area (Å²) in [7, 11) is 0. The Morgan fingerprint density at radius 2 is 1.90 bits per heavy atom. The topological polar surface area (TPSA) is 72.6 Å². The van der Waals surface area contributed by atoms with E-state index in [4.69, 9.17) is 10.5 Å². The van der Waals surface area contributed by atoms with Crippen molar-refractivity contribution in [2.24, 2.45) is 5.92 Å². The highest BCUT2D eigenvalue weighted by Crippen LogP contribution is 2.43. The highest BCUT2D eigenvalue weighted by molar-refractivity contribution is 7.19. The Labute approximate surface area is 129 Å². The van der Waals surface area contributed by atoms with Gasteiger partial charge in [-0.15, -0.1) is 11.3 Å². The van der Waals surface area contributed by atoms with Crippen molar-refractivity contribution in [1.82, 2.24) is 0 Å². The second kappa shape index (κ2) is 6.47. The van der Waals surface area contributed by atoms with Crippen LogP contribution in [-0.4, -0.2) is 31.4 Å². The predicted molar refractivity (Wildman–Crippen MR) is 85.3 cm³/mol. The molecule has 1 aliphatic rings. The first-order chi connectivity index (χ1) is 10.0. The van der Waals surface area contributed by atoms with Crippen molar-refractivity contribution in [3.05, 3.63) is 10.4 Å². The quantitative estimate of drug-likeness (QED) is 0.619. The molecule has 0 unspecified atom stereocenters. The van der Waals surface area contributed by atoms with Crippen molar-refractivity contribution >= 4 is 33.8 Å². The number of nitrogens with two attached hydrogens (primary N) is 1. The van der Waals surface area contributed by atoms with Crippen LogP contribution in [0.15, 0.2) is 0 Å². The lowest BCUT2D eigenvalue weighted by Gasteiger charge is -2.20. The molecule has 2 N–H and O–H groups in total.